The molecule has 0 aliphatic heterocycles. The Labute approximate surface area is 166 Å². The summed E-state index contributed by atoms with van der Waals surface area (Å²) >= 11 is 3.34. The standard InChI is InChI=1S/C20H17BrFNO3S/c1-26-18-12-6-15(7-13-18)14-23(17-10-8-16(21)9-11-17)27(24,25)20-5-3-2-4-19(20)22/h2-13H,14H2,1H3. The fourth-order valence-electron chi connectivity index (χ4n) is 2.59. The first kappa shape index (κ1) is 19.4. The van der Waals surface area contributed by atoms with Crippen molar-refractivity contribution >= 4 is 31.6 Å². The van der Waals surface area contributed by atoms with Crippen LogP contribution in [0.15, 0.2) is 82.2 Å². The van der Waals surface area contributed by atoms with E-state index in [9.17, 15) is 12.8 Å². The Kier molecular flexibility index (Phi) is 5.82. The van der Waals surface area contributed by atoms with Gasteiger partial charge in [0.15, 0.2) is 0 Å². The van der Waals surface area contributed by atoms with Crippen LogP contribution in [0.3, 0.4) is 0 Å². The SMILES string of the molecule is COc1ccc(CN(c2ccc(Br)cc2)S(=O)(=O)c2ccccc2F)cc1. The number of sulfonamides is 1. The first-order valence-electron chi connectivity index (χ1n) is 8.07. The number of nitrogens with zero attached hydrogens (tertiary/aromatic N) is 1. The fourth-order valence-corrected chi connectivity index (χ4v) is 4.38. The van der Waals surface area contributed by atoms with E-state index in [0.29, 0.717) is 11.4 Å². The van der Waals surface area contributed by atoms with Crippen molar-refractivity contribution in [3.05, 3.63) is 88.6 Å². The third-order valence-electron chi connectivity index (χ3n) is 4.00. The van der Waals surface area contributed by atoms with Gasteiger partial charge in [-0.3, -0.25) is 4.31 Å². The molecule has 0 atom stereocenters. The van der Waals surface area contributed by atoms with E-state index in [0.717, 1.165) is 16.1 Å². The van der Waals surface area contributed by atoms with Gasteiger partial charge in [0.2, 0.25) is 0 Å². The molecule has 27 heavy (non-hydrogen) atoms. The molecule has 0 aliphatic rings. The molecule has 3 aromatic rings. The van der Waals surface area contributed by atoms with Crippen molar-refractivity contribution in [2.75, 3.05) is 11.4 Å². The number of hydrogen-bond donors (Lipinski definition) is 0. The van der Waals surface area contributed by atoms with Gasteiger partial charge in [0.25, 0.3) is 10.0 Å². The summed E-state index contributed by atoms with van der Waals surface area (Å²) in [6.45, 7) is 0.0578. The molecule has 0 fully saturated rings. The zero-order chi connectivity index (χ0) is 19.4. The van der Waals surface area contributed by atoms with Gasteiger partial charge in [-0.25, -0.2) is 12.8 Å². The molecule has 0 aliphatic carbocycles. The zero-order valence-electron chi connectivity index (χ0n) is 14.5. The van der Waals surface area contributed by atoms with Crippen molar-refractivity contribution in [3.63, 3.8) is 0 Å². The van der Waals surface area contributed by atoms with Crippen LogP contribution < -0.4 is 9.04 Å². The number of halogens is 2. The third-order valence-corrected chi connectivity index (χ3v) is 6.34. The van der Waals surface area contributed by atoms with Crippen LogP contribution in [0.2, 0.25) is 0 Å². The van der Waals surface area contributed by atoms with Gasteiger partial charge in [-0.05, 0) is 54.1 Å². The van der Waals surface area contributed by atoms with Gasteiger partial charge in [0, 0.05) is 4.47 Å². The lowest BCUT2D eigenvalue weighted by atomic mass is 10.2. The Morgan fingerprint density at radius 2 is 1.59 bits per heavy atom. The van der Waals surface area contributed by atoms with E-state index in [-0.39, 0.29) is 11.4 Å². The summed E-state index contributed by atoms with van der Waals surface area (Å²) in [5.41, 5.74) is 1.19. The second-order valence-electron chi connectivity index (χ2n) is 5.77. The van der Waals surface area contributed by atoms with Gasteiger partial charge in [0.05, 0.1) is 19.3 Å². The highest BCUT2D eigenvalue weighted by Gasteiger charge is 2.28. The molecule has 0 bridgehead atoms. The molecule has 0 saturated carbocycles. The van der Waals surface area contributed by atoms with Gasteiger partial charge < -0.3 is 4.74 Å². The van der Waals surface area contributed by atoms with Crippen LogP contribution in [0, 0.1) is 5.82 Å². The second-order valence-corrected chi connectivity index (χ2v) is 8.51. The van der Waals surface area contributed by atoms with Gasteiger partial charge in [-0.2, -0.15) is 0 Å². The minimum absolute atomic E-state index is 0.0578. The first-order chi connectivity index (χ1) is 12.9. The Morgan fingerprint density at radius 1 is 0.963 bits per heavy atom. The largest absolute Gasteiger partial charge is 0.497 e. The van der Waals surface area contributed by atoms with Gasteiger partial charge >= 0.3 is 0 Å². The summed E-state index contributed by atoms with van der Waals surface area (Å²) in [6, 6.07) is 19.3. The number of rotatable bonds is 6. The van der Waals surface area contributed by atoms with Crippen molar-refractivity contribution in [2.24, 2.45) is 0 Å². The number of hydrogen-bond acceptors (Lipinski definition) is 3. The fraction of sp³-hybridized carbons (Fsp3) is 0.100. The van der Waals surface area contributed by atoms with Crippen LogP contribution in [0.5, 0.6) is 5.75 Å². The molecule has 0 saturated heterocycles. The second kappa shape index (κ2) is 8.10. The Hall–Kier alpha value is -2.38. The van der Waals surface area contributed by atoms with Crippen molar-refractivity contribution in [1.29, 1.82) is 0 Å². The van der Waals surface area contributed by atoms with Gasteiger partial charge in [-0.15, -0.1) is 0 Å². The molecule has 0 amide bonds. The smallest absolute Gasteiger partial charge is 0.267 e. The van der Waals surface area contributed by atoms with Crippen molar-refractivity contribution in [3.8, 4) is 5.75 Å². The highest BCUT2D eigenvalue weighted by molar-refractivity contribution is 9.10. The predicted octanol–water partition coefficient (Wildman–Crippen LogP) is 4.99. The average molecular weight is 450 g/mol. The molecule has 3 aromatic carbocycles. The van der Waals surface area contributed by atoms with Crippen LogP contribution in [0.4, 0.5) is 10.1 Å². The van der Waals surface area contributed by atoms with Crippen molar-refractivity contribution < 1.29 is 17.5 Å². The highest BCUT2D eigenvalue weighted by atomic mass is 79.9. The normalized spacial score (nSPS) is 11.2. The Morgan fingerprint density at radius 3 is 2.19 bits per heavy atom. The minimum atomic E-state index is -4.10. The minimum Gasteiger partial charge on any atom is -0.497 e. The Balaban J connectivity index is 2.06. The molecule has 7 heteroatoms. The summed E-state index contributed by atoms with van der Waals surface area (Å²) in [4.78, 5) is -0.360. The average Bonchev–Trinajstić information content (AvgIpc) is 2.67. The molecule has 3 rings (SSSR count). The van der Waals surface area contributed by atoms with Crippen molar-refractivity contribution in [1.82, 2.24) is 0 Å². The molecular weight excluding hydrogens is 433 g/mol. The molecule has 0 spiro atoms. The first-order valence-corrected chi connectivity index (χ1v) is 10.3. The van der Waals surface area contributed by atoms with E-state index in [1.54, 1.807) is 55.6 Å². The van der Waals surface area contributed by atoms with Crippen LogP contribution in [0.1, 0.15) is 5.56 Å². The zero-order valence-corrected chi connectivity index (χ0v) is 16.9. The summed E-state index contributed by atoms with van der Waals surface area (Å²) in [6.07, 6.45) is 0. The van der Waals surface area contributed by atoms with Crippen LogP contribution in [-0.4, -0.2) is 15.5 Å². The van der Waals surface area contributed by atoms with Crippen LogP contribution in [-0.2, 0) is 16.6 Å². The summed E-state index contributed by atoms with van der Waals surface area (Å²) in [5.74, 6) is -0.111. The molecule has 0 unspecified atom stereocenters. The van der Waals surface area contributed by atoms with E-state index in [4.69, 9.17) is 4.74 Å². The van der Waals surface area contributed by atoms with Crippen LogP contribution >= 0.6 is 15.9 Å². The van der Waals surface area contributed by atoms with E-state index in [1.807, 2.05) is 0 Å². The third kappa shape index (κ3) is 4.31. The molecule has 140 valence electrons. The lowest BCUT2D eigenvalue weighted by Crippen LogP contribution is -2.31. The number of benzene rings is 3. The molecular formula is C20H17BrFNO3S. The molecule has 0 N–H and O–H groups in total. The van der Waals surface area contributed by atoms with Crippen LogP contribution in [0.25, 0.3) is 0 Å². The summed E-state index contributed by atoms with van der Waals surface area (Å²) < 4.78 is 47.8. The Bertz CT molecular complexity index is 1020. The molecule has 0 aromatic heterocycles. The van der Waals surface area contributed by atoms with E-state index in [1.165, 1.54) is 22.5 Å². The number of anilines is 1. The van der Waals surface area contributed by atoms with Gasteiger partial charge in [0.1, 0.15) is 16.5 Å². The maximum absolute atomic E-state index is 14.2. The van der Waals surface area contributed by atoms with E-state index < -0.39 is 15.8 Å². The summed E-state index contributed by atoms with van der Waals surface area (Å²) in [5, 5.41) is 0. The topological polar surface area (TPSA) is 46.6 Å². The highest BCUT2D eigenvalue weighted by Crippen LogP contribution is 2.29. The maximum Gasteiger partial charge on any atom is 0.267 e. The van der Waals surface area contributed by atoms with Gasteiger partial charge in [-0.1, -0.05) is 40.2 Å². The lowest BCUT2D eigenvalue weighted by Gasteiger charge is -2.25. The summed E-state index contributed by atoms with van der Waals surface area (Å²) in [7, 11) is -2.54. The number of methoxy groups -OCH3 is 1. The van der Waals surface area contributed by atoms with Crippen molar-refractivity contribution in [2.45, 2.75) is 11.4 Å². The van der Waals surface area contributed by atoms with E-state index in [2.05, 4.69) is 15.9 Å². The predicted molar refractivity (Wildman–Crippen MR) is 107 cm³/mol. The van der Waals surface area contributed by atoms with E-state index >= 15 is 0 Å². The lowest BCUT2D eigenvalue weighted by molar-refractivity contribution is 0.414. The molecule has 0 radical (unpaired) electrons. The monoisotopic (exact) mass is 449 g/mol. The molecule has 0 heterocycles. The quantitative estimate of drug-likeness (QED) is 0.532. The number of ether oxygens (including phenoxy) is 1. The maximum atomic E-state index is 14.2. The molecule has 4 nitrogen and oxygen atoms in total.